The summed E-state index contributed by atoms with van der Waals surface area (Å²) in [5.41, 5.74) is 0.530. The van der Waals surface area contributed by atoms with Crippen molar-refractivity contribution in [1.29, 1.82) is 0 Å². The van der Waals surface area contributed by atoms with Gasteiger partial charge in [0.15, 0.2) is 0 Å². The lowest BCUT2D eigenvalue weighted by Crippen LogP contribution is -2.41. The van der Waals surface area contributed by atoms with E-state index in [-0.39, 0.29) is 11.8 Å². The summed E-state index contributed by atoms with van der Waals surface area (Å²) in [4.78, 5) is 37.7. The first-order chi connectivity index (χ1) is 13.5. The number of piperidine rings is 1. The summed E-state index contributed by atoms with van der Waals surface area (Å²) in [6.07, 6.45) is 7.33. The van der Waals surface area contributed by atoms with E-state index in [0.717, 1.165) is 12.8 Å². The molecule has 2 amide bonds. The summed E-state index contributed by atoms with van der Waals surface area (Å²) in [6, 6.07) is 6.74. The number of likely N-dealkylation sites (tertiary alicyclic amines) is 1. The van der Waals surface area contributed by atoms with E-state index in [2.05, 4.69) is 5.32 Å². The normalized spacial score (nSPS) is 18.1. The second-order valence-corrected chi connectivity index (χ2v) is 8.02. The quantitative estimate of drug-likeness (QED) is 0.602. The van der Waals surface area contributed by atoms with Crippen LogP contribution in [0.1, 0.15) is 62.2 Å². The number of carbonyl (C=O) groups is 3. The van der Waals surface area contributed by atoms with E-state index in [1.165, 1.54) is 32.6 Å². The molecular formula is C22H30N2O4. The van der Waals surface area contributed by atoms with Gasteiger partial charge in [-0.2, -0.15) is 0 Å². The van der Waals surface area contributed by atoms with Crippen molar-refractivity contribution in [1.82, 2.24) is 10.2 Å². The smallest absolute Gasteiger partial charge is 0.308 e. The molecule has 152 valence electrons. The van der Waals surface area contributed by atoms with Crippen molar-refractivity contribution in [2.24, 2.45) is 11.8 Å². The first-order valence-corrected chi connectivity index (χ1v) is 10.4. The van der Waals surface area contributed by atoms with Crippen LogP contribution >= 0.6 is 0 Å². The molecule has 1 saturated carbocycles. The van der Waals surface area contributed by atoms with Crippen LogP contribution in [0.4, 0.5) is 0 Å². The summed E-state index contributed by atoms with van der Waals surface area (Å²) in [5.74, 6) is 1.11. The molecule has 6 nitrogen and oxygen atoms in total. The van der Waals surface area contributed by atoms with Crippen molar-refractivity contribution in [2.45, 2.75) is 51.9 Å². The van der Waals surface area contributed by atoms with Crippen molar-refractivity contribution >= 4 is 17.8 Å². The van der Waals surface area contributed by atoms with Gasteiger partial charge < -0.3 is 15.0 Å². The molecule has 0 bridgehead atoms. The molecule has 0 spiro atoms. The third kappa shape index (κ3) is 5.81. The zero-order chi connectivity index (χ0) is 19.9. The van der Waals surface area contributed by atoms with Crippen LogP contribution in [0, 0.1) is 11.8 Å². The van der Waals surface area contributed by atoms with E-state index >= 15 is 0 Å². The number of hydrogen-bond donors (Lipinski definition) is 1. The predicted molar refractivity (Wildman–Crippen MR) is 106 cm³/mol. The molecule has 3 rings (SSSR count). The molecular weight excluding hydrogens is 356 g/mol. The van der Waals surface area contributed by atoms with E-state index in [9.17, 15) is 14.4 Å². The number of nitrogens with one attached hydrogen (secondary N) is 1. The summed E-state index contributed by atoms with van der Waals surface area (Å²) in [5, 5.41) is 3.09. The van der Waals surface area contributed by atoms with Gasteiger partial charge in [0.25, 0.3) is 5.91 Å². The first kappa shape index (κ1) is 20.4. The van der Waals surface area contributed by atoms with Gasteiger partial charge in [0.2, 0.25) is 5.91 Å². The van der Waals surface area contributed by atoms with E-state index in [0.29, 0.717) is 49.2 Å². The number of carbonyl (C=O) groups excluding carboxylic acids is 3. The Bertz CT molecular complexity index is 704. The molecule has 2 fully saturated rings. The highest BCUT2D eigenvalue weighted by atomic mass is 16.5. The van der Waals surface area contributed by atoms with Gasteiger partial charge in [-0.15, -0.1) is 0 Å². The summed E-state index contributed by atoms with van der Waals surface area (Å²) < 4.78 is 5.06. The average molecular weight is 386 g/mol. The Labute approximate surface area is 166 Å². The zero-order valence-electron chi connectivity index (χ0n) is 16.6. The molecule has 1 saturated heterocycles. The van der Waals surface area contributed by atoms with Crippen LogP contribution in [0.15, 0.2) is 24.3 Å². The van der Waals surface area contributed by atoms with E-state index in [1.54, 1.807) is 24.3 Å². The van der Waals surface area contributed by atoms with Crippen molar-refractivity contribution < 1.29 is 19.1 Å². The summed E-state index contributed by atoms with van der Waals surface area (Å²) >= 11 is 0. The minimum atomic E-state index is -0.402. The molecule has 1 N–H and O–H groups in total. The second kappa shape index (κ2) is 9.71. The molecule has 0 aromatic heterocycles. The van der Waals surface area contributed by atoms with Crippen LogP contribution in [0.5, 0.6) is 5.75 Å². The van der Waals surface area contributed by atoms with Crippen LogP contribution < -0.4 is 10.1 Å². The second-order valence-electron chi connectivity index (χ2n) is 8.02. The van der Waals surface area contributed by atoms with Crippen molar-refractivity contribution in [2.75, 3.05) is 19.6 Å². The molecule has 1 aromatic carbocycles. The molecule has 0 atom stereocenters. The Morgan fingerprint density at radius 3 is 2.46 bits per heavy atom. The number of nitrogens with zero attached hydrogens (tertiary/aromatic N) is 1. The van der Waals surface area contributed by atoms with Crippen molar-refractivity contribution in [3.05, 3.63) is 29.8 Å². The lowest BCUT2D eigenvalue weighted by Gasteiger charge is -2.32. The van der Waals surface area contributed by atoms with Crippen LogP contribution in [0.25, 0.3) is 0 Å². The van der Waals surface area contributed by atoms with Crippen LogP contribution in [0.2, 0.25) is 0 Å². The molecule has 6 heteroatoms. The number of benzene rings is 1. The monoisotopic (exact) mass is 386 g/mol. The molecule has 1 aliphatic carbocycles. The maximum Gasteiger partial charge on any atom is 0.308 e. The minimum absolute atomic E-state index is 0.0438. The van der Waals surface area contributed by atoms with E-state index < -0.39 is 5.97 Å². The Hall–Kier alpha value is -2.37. The van der Waals surface area contributed by atoms with Gasteiger partial charge in [0, 0.05) is 38.5 Å². The highest BCUT2D eigenvalue weighted by molar-refractivity contribution is 5.94. The largest absolute Gasteiger partial charge is 0.427 e. The standard InChI is InChI=1S/C22H30N2O4/c1-16(25)28-20-8-4-7-19(14-20)22(27)24-11-9-18(10-12-24)15-23-21(26)13-17-5-2-3-6-17/h4,7-8,14,17-18H,2-3,5-6,9-13,15H2,1H3,(H,23,26). The number of hydrogen-bond acceptors (Lipinski definition) is 4. The minimum Gasteiger partial charge on any atom is -0.427 e. The predicted octanol–water partition coefficient (Wildman–Crippen LogP) is 3.16. The highest BCUT2D eigenvalue weighted by Gasteiger charge is 2.25. The molecule has 1 aromatic rings. The fraction of sp³-hybridized carbons (Fsp3) is 0.591. The molecule has 0 unspecified atom stereocenters. The van der Waals surface area contributed by atoms with Gasteiger partial charge in [-0.3, -0.25) is 14.4 Å². The SMILES string of the molecule is CC(=O)Oc1cccc(C(=O)N2CCC(CNC(=O)CC3CCCC3)CC2)c1. The molecule has 2 aliphatic rings. The first-order valence-electron chi connectivity index (χ1n) is 10.4. The third-order valence-corrected chi connectivity index (χ3v) is 5.78. The zero-order valence-corrected chi connectivity index (χ0v) is 16.6. The van der Waals surface area contributed by atoms with Crippen LogP contribution in [-0.2, 0) is 9.59 Å². The van der Waals surface area contributed by atoms with Gasteiger partial charge in [0.1, 0.15) is 5.75 Å². The summed E-state index contributed by atoms with van der Waals surface area (Å²) in [7, 11) is 0. The van der Waals surface area contributed by atoms with Crippen LogP contribution in [-0.4, -0.2) is 42.3 Å². The summed E-state index contributed by atoms with van der Waals surface area (Å²) in [6.45, 7) is 3.40. The molecule has 1 heterocycles. The van der Waals surface area contributed by atoms with Gasteiger partial charge in [-0.25, -0.2) is 0 Å². The van der Waals surface area contributed by atoms with Crippen LogP contribution in [0.3, 0.4) is 0 Å². The lowest BCUT2D eigenvalue weighted by atomic mass is 9.96. The Morgan fingerprint density at radius 2 is 1.79 bits per heavy atom. The van der Waals surface area contributed by atoms with Gasteiger partial charge in [-0.05, 0) is 55.7 Å². The topological polar surface area (TPSA) is 75.7 Å². The maximum atomic E-state index is 12.7. The number of esters is 1. The Balaban J connectivity index is 1.42. The van der Waals surface area contributed by atoms with Crippen molar-refractivity contribution in [3.8, 4) is 5.75 Å². The molecule has 1 aliphatic heterocycles. The highest BCUT2D eigenvalue weighted by Crippen LogP contribution is 2.27. The average Bonchev–Trinajstić information content (AvgIpc) is 3.19. The molecule has 28 heavy (non-hydrogen) atoms. The van der Waals surface area contributed by atoms with E-state index in [4.69, 9.17) is 4.74 Å². The lowest BCUT2D eigenvalue weighted by molar-refractivity contribution is -0.131. The third-order valence-electron chi connectivity index (χ3n) is 5.78. The van der Waals surface area contributed by atoms with Gasteiger partial charge in [0.05, 0.1) is 0 Å². The number of ether oxygens (including phenoxy) is 1. The fourth-order valence-corrected chi connectivity index (χ4v) is 4.19. The fourth-order valence-electron chi connectivity index (χ4n) is 4.19. The molecule has 0 radical (unpaired) electrons. The number of rotatable bonds is 6. The van der Waals surface area contributed by atoms with Crippen molar-refractivity contribution in [3.63, 3.8) is 0 Å². The Morgan fingerprint density at radius 1 is 1.07 bits per heavy atom. The number of amides is 2. The van der Waals surface area contributed by atoms with E-state index in [1.807, 2.05) is 4.90 Å². The van der Waals surface area contributed by atoms with Gasteiger partial charge >= 0.3 is 5.97 Å². The van der Waals surface area contributed by atoms with Gasteiger partial charge in [-0.1, -0.05) is 18.9 Å². The Kier molecular flexibility index (Phi) is 7.06. The maximum absolute atomic E-state index is 12.7.